The molecule has 0 N–H and O–H groups in total. The van der Waals surface area contributed by atoms with E-state index >= 15 is 0 Å². The van der Waals surface area contributed by atoms with Crippen molar-refractivity contribution in [3.63, 3.8) is 0 Å². The van der Waals surface area contributed by atoms with Crippen molar-refractivity contribution in [1.29, 1.82) is 0 Å². The van der Waals surface area contributed by atoms with Crippen molar-refractivity contribution in [2.24, 2.45) is 0 Å². The van der Waals surface area contributed by atoms with Crippen molar-refractivity contribution in [2.75, 3.05) is 4.90 Å². The van der Waals surface area contributed by atoms with Gasteiger partial charge in [-0.15, -0.1) is 0 Å². The number of hydrogen-bond donors (Lipinski definition) is 0. The summed E-state index contributed by atoms with van der Waals surface area (Å²) in [7, 11) is 0. The summed E-state index contributed by atoms with van der Waals surface area (Å²) in [6, 6.07) is 25.2. The number of fused-ring (bicyclic) bond motifs is 4. The zero-order valence-corrected chi connectivity index (χ0v) is 27.8. The number of nitrogens with zero attached hydrogens (tertiary/aromatic N) is 2. The van der Waals surface area contributed by atoms with Crippen LogP contribution in [-0.4, -0.2) is 16.4 Å². The second kappa shape index (κ2) is 10.2. The van der Waals surface area contributed by atoms with Gasteiger partial charge in [-0.1, -0.05) is 106 Å². The third kappa shape index (κ3) is 4.58. The van der Waals surface area contributed by atoms with Crippen LogP contribution in [0.4, 0.5) is 5.69 Å². The molecule has 1 aromatic heterocycles. The van der Waals surface area contributed by atoms with Crippen molar-refractivity contribution in [3.8, 4) is 5.69 Å². The highest BCUT2D eigenvalue weighted by Gasteiger charge is 2.41. The van der Waals surface area contributed by atoms with Gasteiger partial charge in [-0.2, -0.15) is 0 Å². The van der Waals surface area contributed by atoms with Crippen LogP contribution in [0.3, 0.4) is 0 Å². The average molecular weight is 585 g/mol. The number of para-hydroxylation sites is 1. The standard InChI is InChI=1S/C40H44N2O2/c1-23(2)27-13-11-14-28(24(3)4)36(27)42-37(43)29-15-12-16-34(35(29)38(42)44)41-32-19-17-25(39(5,6)7)21-30(32)31-22-26(40(8,9)10)18-20-33(31)41/h11-24H,1-10H3. The highest BCUT2D eigenvalue weighted by atomic mass is 16.2. The molecule has 6 rings (SSSR count). The van der Waals surface area contributed by atoms with Gasteiger partial charge in [0.1, 0.15) is 0 Å². The molecular formula is C40H44N2O2. The van der Waals surface area contributed by atoms with Gasteiger partial charge >= 0.3 is 0 Å². The molecule has 5 aromatic rings. The molecule has 4 nitrogen and oxygen atoms in total. The molecule has 2 heterocycles. The first kappa shape index (κ1) is 29.9. The Kier molecular flexibility index (Phi) is 6.92. The smallest absolute Gasteiger partial charge is 0.268 e. The minimum absolute atomic E-state index is 0.0148. The Morgan fingerprint density at radius 1 is 0.591 bits per heavy atom. The van der Waals surface area contributed by atoms with Gasteiger partial charge in [0.05, 0.1) is 33.5 Å². The van der Waals surface area contributed by atoms with Crippen molar-refractivity contribution in [3.05, 3.63) is 106 Å². The number of benzene rings is 4. The van der Waals surface area contributed by atoms with Crippen LogP contribution < -0.4 is 4.90 Å². The van der Waals surface area contributed by atoms with Crippen molar-refractivity contribution < 1.29 is 9.59 Å². The fraction of sp³-hybridized carbons (Fsp3) is 0.350. The van der Waals surface area contributed by atoms with E-state index in [-0.39, 0.29) is 34.5 Å². The number of carbonyl (C=O) groups excluding carboxylic acids is 2. The number of carbonyl (C=O) groups is 2. The molecule has 44 heavy (non-hydrogen) atoms. The van der Waals surface area contributed by atoms with Gasteiger partial charge in [0.2, 0.25) is 0 Å². The summed E-state index contributed by atoms with van der Waals surface area (Å²) in [5, 5.41) is 2.30. The maximum atomic E-state index is 14.6. The Morgan fingerprint density at radius 2 is 1.07 bits per heavy atom. The third-order valence-corrected chi connectivity index (χ3v) is 9.20. The van der Waals surface area contributed by atoms with Crippen LogP contribution in [0.2, 0.25) is 0 Å². The van der Waals surface area contributed by atoms with Gasteiger partial charge in [0, 0.05) is 10.8 Å². The van der Waals surface area contributed by atoms with E-state index in [1.54, 1.807) is 6.07 Å². The average Bonchev–Trinajstić information content (AvgIpc) is 3.41. The summed E-state index contributed by atoms with van der Waals surface area (Å²) >= 11 is 0. The van der Waals surface area contributed by atoms with Crippen LogP contribution in [0.25, 0.3) is 27.5 Å². The van der Waals surface area contributed by atoms with Crippen LogP contribution in [0, 0.1) is 0 Å². The van der Waals surface area contributed by atoms with Crippen LogP contribution in [0.5, 0.6) is 0 Å². The van der Waals surface area contributed by atoms with Crippen LogP contribution in [0.15, 0.2) is 72.8 Å². The van der Waals surface area contributed by atoms with Gasteiger partial charge in [-0.05, 0) is 81.3 Å². The normalized spacial score (nSPS) is 14.1. The predicted octanol–water partition coefficient (Wildman–Crippen LogP) is 10.4. The number of aromatic nitrogens is 1. The number of imide groups is 1. The van der Waals surface area contributed by atoms with Crippen molar-refractivity contribution in [1.82, 2.24) is 4.57 Å². The minimum atomic E-state index is -0.261. The maximum Gasteiger partial charge on any atom is 0.268 e. The molecule has 0 unspecified atom stereocenters. The molecule has 1 aliphatic rings. The number of anilines is 1. The monoisotopic (exact) mass is 584 g/mol. The molecule has 0 bridgehead atoms. The molecule has 226 valence electrons. The number of amides is 2. The Balaban J connectivity index is 1.65. The van der Waals surface area contributed by atoms with Gasteiger partial charge in [0.15, 0.2) is 0 Å². The van der Waals surface area contributed by atoms with E-state index in [4.69, 9.17) is 0 Å². The lowest BCUT2D eigenvalue weighted by Crippen LogP contribution is -2.32. The van der Waals surface area contributed by atoms with Crippen LogP contribution >= 0.6 is 0 Å². The molecule has 4 heteroatoms. The van der Waals surface area contributed by atoms with Crippen LogP contribution in [0.1, 0.15) is 124 Å². The zero-order chi connectivity index (χ0) is 31.9. The second-order valence-corrected chi connectivity index (χ2v) is 15.0. The Labute approximate surface area is 261 Å². The fourth-order valence-corrected chi connectivity index (χ4v) is 6.64. The van der Waals surface area contributed by atoms with E-state index in [0.717, 1.165) is 44.3 Å². The largest absolute Gasteiger partial charge is 0.308 e. The van der Waals surface area contributed by atoms with E-state index in [0.29, 0.717) is 11.1 Å². The molecule has 4 aromatic carbocycles. The van der Waals surface area contributed by atoms with Gasteiger partial charge < -0.3 is 4.57 Å². The van der Waals surface area contributed by atoms with E-state index in [2.05, 4.69) is 110 Å². The molecule has 0 saturated carbocycles. The Bertz CT molecular complexity index is 1880. The van der Waals surface area contributed by atoms with Crippen LogP contribution in [-0.2, 0) is 10.8 Å². The van der Waals surface area contributed by atoms with Gasteiger partial charge in [-0.25, -0.2) is 4.90 Å². The molecule has 0 fully saturated rings. The zero-order valence-electron chi connectivity index (χ0n) is 27.8. The SMILES string of the molecule is CC(C)c1cccc(C(C)C)c1N1C(=O)c2cccc(-n3c4ccc(C(C)(C)C)cc4c4cc(C(C)(C)C)ccc43)c2C1=O. The maximum absolute atomic E-state index is 14.6. The summed E-state index contributed by atoms with van der Waals surface area (Å²) in [5.74, 6) is -0.214. The summed E-state index contributed by atoms with van der Waals surface area (Å²) in [4.78, 5) is 30.3. The summed E-state index contributed by atoms with van der Waals surface area (Å²) in [5.41, 5.74) is 8.94. The molecule has 0 aliphatic carbocycles. The van der Waals surface area contributed by atoms with Gasteiger partial charge in [0.25, 0.3) is 11.8 Å². The lowest BCUT2D eigenvalue weighted by molar-refractivity contribution is 0.0925. The first-order chi connectivity index (χ1) is 20.6. The topological polar surface area (TPSA) is 42.3 Å². The van der Waals surface area contributed by atoms with E-state index < -0.39 is 0 Å². The molecular weight excluding hydrogens is 540 g/mol. The Hall–Kier alpha value is -4.18. The molecule has 1 aliphatic heterocycles. The lowest BCUT2D eigenvalue weighted by atomic mass is 9.85. The quantitative estimate of drug-likeness (QED) is 0.197. The third-order valence-electron chi connectivity index (χ3n) is 9.20. The second-order valence-electron chi connectivity index (χ2n) is 15.0. The van der Waals surface area contributed by atoms with E-state index in [9.17, 15) is 9.59 Å². The predicted molar refractivity (Wildman–Crippen MR) is 184 cm³/mol. The molecule has 0 atom stereocenters. The highest BCUT2D eigenvalue weighted by molar-refractivity contribution is 6.36. The first-order valence-corrected chi connectivity index (χ1v) is 15.9. The lowest BCUT2D eigenvalue weighted by Gasteiger charge is -2.25. The summed E-state index contributed by atoms with van der Waals surface area (Å²) in [6.07, 6.45) is 0. The van der Waals surface area contributed by atoms with E-state index in [1.807, 2.05) is 30.3 Å². The summed E-state index contributed by atoms with van der Waals surface area (Å²) < 4.78 is 2.19. The first-order valence-electron chi connectivity index (χ1n) is 15.9. The minimum Gasteiger partial charge on any atom is -0.308 e. The number of hydrogen-bond acceptors (Lipinski definition) is 2. The van der Waals surface area contributed by atoms with Crippen molar-refractivity contribution in [2.45, 2.75) is 91.9 Å². The van der Waals surface area contributed by atoms with E-state index in [1.165, 1.54) is 16.0 Å². The summed E-state index contributed by atoms with van der Waals surface area (Å²) in [6.45, 7) is 21.9. The van der Waals surface area contributed by atoms with Gasteiger partial charge in [-0.3, -0.25) is 9.59 Å². The highest BCUT2D eigenvalue weighted by Crippen LogP contribution is 2.43. The number of rotatable bonds is 4. The fourth-order valence-electron chi connectivity index (χ4n) is 6.64. The molecule has 0 spiro atoms. The molecule has 0 radical (unpaired) electrons. The molecule has 2 amide bonds. The Morgan fingerprint density at radius 3 is 1.52 bits per heavy atom. The van der Waals surface area contributed by atoms with Crippen molar-refractivity contribution >= 4 is 39.3 Å². The molecule has 0 saturated heterocycles.